The Balaban J connectivity index is 1.25. The average molecular weight is 634 g/mol. The molecule has 2 amide bonds. The van der Waals surface area contributed by atoms with Gasteiger partial charge in [0.2, 0.25) is 0 Å². The third-order valence-electron chi connectivity index (χ3n) is 11.0. The number of nitrogens with zero attached hydrogens (tertiary/aromatic N) is 7. The zero-order valence-corrected chi connectivity index (χ0v) is 27.3. The molecule has 0 saturated carbocycles. The van der Waals surface area contributed by atoms with Crippen molar-refractivity contribution in [2.24, 2.45) is 5.92 Å². The number of likely N-dealkylation sites (tertiary alicyclic amines) is 3. The van der Waals surface area contributed by atoms with Crippen LogP contribution in [0.15, 0.2) is 48.7 Å². The summed E-state index contributed by atoms with van der Waals surface area (Å²) in [6.45, 7) is 13.0. The van der Waals surface area contributed by atoms with E-state index < -0.39 is 5.41 Å². The van der Waals surface area contributed by atoms with Crippen molar-refractivity contribution in [3.8, 4) is 6.07 Å². The van der Waals surface area contributed by atoms with Gasteiger partial charge in [0.1, 0.15) is 6.04 Å². The summed E-state index contributed by atoms with van der Waals surface area (Å²) in [5, 5.41) is 29.3. The van der Waals surface area contributed by atoms with Crippen LogP contribution in [0.25, 0.3) is 0 Å². The van der Waals surface area contributed by atoms with Crippen LogP contribution in [0.5, 0.6) is 0 Å². The predicted octanol–water partition coefficient (Wildman–Crippen LogP) is 3.44. The van der Waals surface area contributed by atoms with Crippen LogP contribution >= 0.6 is 0 Å². The molecule has 3 aromatic rings. The van der Waals surface area contributed by atoms with Gasteiger partial charge in [-0.2, -0.15) is 10.5 Å². The molecule has 1 aromatic heterocycles. The number of fused-ring (bicyclic) bond motifs is 2. The van der Waals surface area contributed by atoms with Crippen molar-refractivity contribution in [2.45, 2.75) is 69.9 Å². The maximum Gasteiger partial charge on any atom is 0.253 e. The molecule has 3 fully saturated rings. The topological polar surface area (TPSA) is 134 Å². The SMILES string of the molecule is C=C(CNCCC1(c2nn[nH]n2)c2ccc(C(=O)N3CCC3)cc2CCc2cc(C(=O)N3CCC3)ccc21)N1C(C#N)C[C@H](C)C1C. The number of aromatic amines is 1. The first-order chi connectivity index (χ1) is 22.8. The third-order valence-corrected chi connectivity index (χ3v) is 11.0. The number of carbonyl (C=O) groups excluding carboxylic acids is 2. The van der Waals surface area contributed by atoms with Gasteiger partial charge in [0.25, 0.3) is 11.8 Å². The van der Waals surface area contributed by atoms with Gasteiger partial charge >= 0.3 is 0 Å². The number of nitriles is 1. The lowest BCUT2D eigenvalue weighted by molar-refractivity contribution is 0.0644. The van der Waals surface area contributed by atoms with Gasteiger partial charge in [-0.25, -0.2) is 0 Å². The summed E-state index contributed by atoms with van der Waals surface area (Å²) >= 11 is 0. The molecule has 2 N–H and O–H groups in total. The second-order valence-corrected chi connectivity index (χ2v) is 13.7. The zero-order chi connectivity index (χ0) is 32.7. The largest absolute Gasteiger partial charge is 0.355 e. The summed E-state index contributed by atoms with van der Waals surface area (Å²) in [6.07, 6.45) is 4.96. The minimum absolute atomic E-state index is 0.0646. The van der Waals surface area contributed by atoms with Crippen LogP contribution in [0.4, 0.5) is 0 Å². The molecule has 2 unspecified atom stereocenters. The van der Waals surface area contributed by atoms with E-state index in [2.05, 4.69) is 81.6 Å². The smallest absolute Gasteiger partial charge is 0.253 e. The van der Waals surface area contributed by atoms with E-state index in [0.717, 1.165) is 86.2 Å². The minimum Gasteiger partial charge on any atom is -0.355 e. The van der Waals surface area contributed by atoms with Crippen LogP contribution in [0.3, 0.4) is 0 Å². The fraction of sp³-hybridized carbons (Fsp3) is 0.500. The standard InChI is InChI=1S/C36H43N9O2/c1-23-18-30(21-37)45(25(23)3)24(2)22-38-13-12-36(35-39-41-42-40-35)31-10-8-28(33(46)43-14-4-15-43)19-26(31)6-7-27-20-29(9-11-32(27)36)34(47)44-16-5-17-44/h8-11,19-20,23,25,30,38H,2,4-7,12-18,22H2,1,3H3,(H,39,40,41,42)/t23-,25?,30?/m0/s1. The first kappa shape index (κ1) is 31.1. The van der Waals surface area contributed by atoms with E-state index in [1.165, 1.54) is 0 Å². The van der Waals surface area contributed by atoms with Crippen molar-refractivity contribution >= 4 is 11.8 Å². The van der Waals surface area contributed by atoms with E-state index in [1.54, 1.807) is 0 Å². The van der Waals surface area contributed by atoms with Crippen molar-refractivity contribution in [2.75, 3.05) is 39.3 Å². The summed E-state index contributed by atoms with van der Waals surface area (Å²) in [6, 6.07) is 14.7. The summed E-state index contributed by atoms with van der Waals surface area (Å²) in [5.41, 5.74) is 5.76. The normalized spacial score (nSPS) is 22.7. The number of benzene rings is 2. The van der Waals surface area contributed by atoms with E-state index in [9.17, 15) is 14.9 Å². The fourth-order valence-corrected chi connectivity index (χ4v) is 7.93. The second-order valence-electron chi connectivity index (χ2n) is 13.7. The maximum atomic E-state index is 13.3. The zero-order valence-electron chi connectivity index (χ0n) is 27.3. The Kier molecular flexibility index (Phi) is 8.30. The molecule has 1 aliphatic carbocycles. The third kappa shape index (κ3) is 5.38. The Morgan fingerprint density at radius 2 is 1.60 bits per heavy atom. The van der Waals surface area contributed by atoms with Gasteiger partial charge in [0, 0.05) is 55.6 Å². The number of aryl methyl sites for hydroxylation is 2. The van der Waals surface area contributed by atoms with E-state index in [-0.39, 0.29) is 23.9 Å². The number of H-pyrrole nitrogens is 1. The van der Waals surface area contributed by atoms with Gasteiger partial charge < -0.3 is 20.0 Å². The number of hydrogen-bond acceptors (Lipinski definition) is 8. The molecule has 3 atom stereocenters. The molecule has 4 heterocycles. The van der Waals surface area contributed by atoms with Crippen LogP contribution in [-0.4, -0.2) is 98.5 Å². The Bertz CT molecular complexity index is 1640. The highest BCUT2D eigenvalue weighted by Crippen LogP contribution is 2.46. The van der Waals surface area contributed by atoms with Gasteiger partial charge in [0.15, 0.2) is 5.82 Å². The number of amides is 2. The highest BCUT2D eigenvalue weighted by atomic mass is 16.2. The second kappa shape index (κ2) is 12.6. The van der Waals surface area contributed by atoms with E-state index in [1.807, 2.05) is 21.9 Å². The van der Waals surface area contributed by atoms with Crippen LogP contribution in [0, 0.1) is 17.2 Å². The molecule has 47 heavy (non-hydrogen) atoms. The minimum atomic E-state index is -0.788. The van der Waals surface area contributed by atoms with Crippen LogP contribution in [0.1, 0.15) is 88.3 Å². The molecule has 0 radical (unpaired) electrons. The monoisotopic (exact) mass is 633 g/mol. The number of aromatic nitrogens is 4. The van der Waals surface area contributed by atoms with Gasteiger partial charge in [-0.15, -0.1) is 10.2 Å². The number of rotatable bonds is 9. The summed E-state index contributed by atoms with van der Waals surface area (Å²) in [5.74, 6) is 1.11. The predicted molar refractivity (Wildman–Crippen MR) is 177 cm³/mol. The number of tetrazole rings is 1. The molecular weight excluding hydrogens is 590 g/mol. The van der Waals surface area contributed by atoms with Crippen molar-refractivity contribution in [1.29, 1.82) is 5.26 Å². The molecule has 244 valence electrons. The van der Waals surface area contributed by atoms with Crippen molar-refractivity contribution < 1.29 is 9.59 Å². The highest BCUT2D eigenvalue weighted by Gasteiger charge is 2.45. The Morgan fingerprint density at radius 3 is 2.09 bits per heavy atom. The summed E-state index contributed by atoms with van der Waals surface area (Å²) in [7, 11) is 0. The first-order valence-electron chi connectivity index (χ1n) is 17.0. The van der Waals surface area contributed by atoms with E-state index in [0.29, 0.717) is 42.4 Å². The maximum absolute atomic E-state index is 13.3. The van der Waals surface area contributed by atoms with E-state index >= 15 is 0 Å². The van der Waals surface area contributed by atoms with Crippen molar-refractivity contribution in [1.82, 2.24) is 40.6 Å². The Morgan fingerprint density at radius 1 is 1.00 bits per heavy atom. The molecular formula is C36H43N9O2. The number of hydrogen-bond donors (Lipinski definition) is 2. The molecule has 0 bridgehead atoms. The molecule has 3 aliphatic heterocycles. The van der Waals surface area contributed by atoms with Gasteiger partial charge in [-0.1, -0.05) is 30.8 Å². The van der Waals surface area contributed by atoms with Crippen LogP contribution in [-0.2, 0) is 18.3 Å². The lowest BCUT2D eigenvalue weighted by atomic mass is 9.69. The van der Waals surface area contributed by atoms with Crippen LogP contribution in [0.2, 0.25) is 0 Å². The quantitative estimate of drug-likeness (QED) is 0.343. The lowest BCUT2D eigenvalue weighted by Gasteiger charge is -2.35. The molecule has 11 heteroatoms. The van der Waals surface area contributed by atoms with Crippen LogP contribution < -0.4 is 5.32 Å². The Hall–Kier alpha value is -4.56. The highest BCUT2D eigenvalue weighted by molar-refractivity contribution is 5.96. The van der Waals surface area contributed by atoms with E-state index in [4.69, 9.17) is 0 Å². The van der Waals surface area contributed by atoms with Gasteiger partial charge in [-0.05, 0) is 104 Å². The molecule has 3 saturated heterocycles. The van der Waals surface area contributed by atoms with Crippen molar-refractivity contribution in [3.63, 3.8) is 0 Å². The lowest BCUT2D eigenvalue weighted by Crippen LogP contribution is -2.42. The molecule has 11 nitrogen and oxygen atoms in total. The molecule has 4 aliphatic rings. The average Bonchev–Trinajstić information content (AvgIpc) is 3.63. The summed E-state index contributed by atoms with van der Waals surface area (Å²) in [4.78, 5) is 32.5. The fourth-order valence-electron chi connectivity index (χ4n) is 7.93. The molecule has 7 rings (SSSR count). The number of nitrogens with one attached hydrogen (secondary N) is 2. The van der Waals surface area contributed by atoms with Crippen molar-refractivity contribution in [3.05, 3.63) is 87.9 Å². The molecule has 0 spiro atoms. The molecule has 2 aromatic carbocycles. The number of carbonyl (C=O) groups is 2. The first-order valence-corrected chi connectivity index (χ1v) is 17.0. The van der Waals surface area contributed by atoms with Gasteiger partial charge in [-0.3, -0.25) is 9.59 Å². The van der Waals surface area contributed by atoms with Gasteiger partial charge in [0.05, 0.1) is 11.5 Å². The Labute approximate surface area is 276 Å². The summed E-state index contributed by atoms with van der Waals surface area (Å²) < 4.78 is 0.